The number of anilines is 1. The van der Waals surface area contributed by atoms with Gasteiger partial charge in [0, 0.05) is 22.6 Å². The van der Waals surface area contributed by atoms with Gasteiger partial charge in [0.2, 0.25) is 0 Å². The van der Waals surface area contributed by atoms with Gasteiger partial charge in [-0.1, -0.05) is 72.3 Å². The van der Waals surface area contributed by atoms with Crippen molar-refractivity contribution in [3.8, 4) is 39.9 Å². The van der Waals surface area contributed by atoms with E-state index in [0.717, 1.165) is 5.56 Å². The molecule has 0 bridgehead atoms. The van der Waals surface area contributed by atoms with E-state index in [1.165, 1.54) is 18.2 Å². The minimum absolute atomic E-state index is 0.0116. The monoisotopic (exact) mass is 585 g/mol. The number of nitrogens with one attached hydrogen (secondary N) is 1. The van der Waals surface area contributed by atoms with Crippen molar-refractivity contribution in [1.82, 2.24) is 9.97 Å². The lowest BCUT2D eigenvalue weighted by Crippen LogP contribution is -2.19. The number of hydrogen-bond donors (Lipinski definition) is 2. The first kappa shape index (κ1) is 26.4. The summed E-state index contributed by atoms with van der Waals surface area (Å²) in [5.41, 5.74) is 3.10. The molecule has 1 heterocycles. The maximum atomic E-state index is 14.1. The van der Waals surface area contributed by atoms with E-state index in [1.54, 1.807) is 72.8 Å². The molecule has 43 heavy (non-hydrogen) atoms. The van der Waals surface area contributed by atoms with Gasteiger partial charge >= 0.3 is 0 Å². The summed E-state index contributed by atoms with van der Waals surface area (Å²) in [6.45, 7) is 1.87. The molecule has 7 rings (SSSR count). The van der Waals surface area contributed by atoms with Crippen LogP contribution < -0.4 is 9.46 Å². The Morgan fingerprint density at radius 2 is 1.42 bits per heavy atom. The number of ether oxygens (including phenoxy) is 1. The third kappa shape index (κ3) is 4.56. The highest BCUT2D eigenvalue weighted by Gasteiger charge is 2.33. The van der Waals surface area contributed by atoms with Gasteiger partial charge in [-0.3, -0.25) is 9.52 Å². The van der Waals surface area contributed by atoms with Crippen molar-refractivity contribution in [3.63, 3.8) is 0 Å². The van der Waals surface area contributed by atoms with Crippen molar-refractivity contribution in [2.24, 2.45) is 0 Å². The van der Waals surface area contributed by atoms with Gasteiger partial charge < -0.3 is 9.84 Å². The van der Waals surface area contributed by atoms with E-state index in [9.17, 15) is 18.3 Å². The summed E-state index contributed by atoms with van der Waals surface area (Å²) in [6.07, 6.45) is 0. The van der Waals surface area contributed by atoms with Crippen molar-refractivity contribution >= 4 is 32.4 Å². The number of rotatable bonds is 6. The van der Waals surface area contributed by atoms with Crippen molar-refractivity contribution in [2.75, 3.05) is 4.72 Å². The molecular weight excluding hydrogens is 562 g/mol. The van der Waals surface area contributed by atoms with Gasteiger partial charge in [0.1, 0.15) is 17.0 Å². The highest BCUT2D eigenvalue weighted by atomic mass is 32.2. The summed E-state index contributed by atoms with van der Waals surface area (Å²) in [5, 5.41) is 11.0. The van der Waals surface area contributed by atoms with Crippen LogP contribution in [0.4, 0.5) is 5.69 Å². The second-order valence-electron chi connectivity index (χ2n) is 10.1. The highest BCUT2D eigenvalue weighted by molar-refractivity contribution is 7.92. The van der Waals surface area contributed by atoms with Crippen LogP contribution in [0.3, 0.4) is 0 Å². The Morgan fingerprint density at radius 3 is 2.14 bits per heavy atom. The molecule has 6 aromatic rings. The molecule has 0 saturated heterocycles. The summed E-state index contributed by atoms with van der Waals surface area (Å²) < 4.78 is 36.1. The van der Waals surface area contributed by atoms with Crippen LogP contribution in [0.5, 0.6) is 17.2 Å². The molecule has 210 valence electrons. The van der Waals surface area contributed by atoms with Gasteiger partial charge in [0.25, 0.3) is 10.0 Å². The Bertz CT molecular complexity index is 2180. The Balaban J connectivity index is 1.55. The predicted molar refractivity (Wildman–Crippen MR) is 164 cm³/mol. The number of aromatic hydroxyl groups is 1. The molecule has 0 fully saturated rings. The van der Waals surface area contributed by atoms with Crippen molar-refractivity contribution in [3.05, 3.63) is 126 Å². The van der Waals surface area contributed by atoms with Crippen LogP contribution >= 0.6 is 0 Å². The number of ketones is 1. The average Bonchev–Trinajstić information content (AvgIpc) is 3.01. The van der Waals surface area contributed by atoms with Crippen LogP contribution in [-0.4, -0.2) is 29.3 Å². The maximum Gasteiger partial charge on any atom is 0.261 e. The number of sulfonamides is 1. The smallest absolute Gasteiger partial charge is 0.261 e. The molecule has 0 saturated carbocycles. The van der Waals surface area contributed by atoms with Gasteiger partial charge in [0.05, 0.1) is 27.4 Å². The SMILES string of the molecule is Cc1ccc(S(=O)(=O)Nc2cc(Oc3ccccc3)c3nc(-c4ccccc4O)nc4c3c2C(=O)c2ccccc2-4)cc1. The lowest BCUT2D eigenvalue weighted by molar-refractivity contribution is 0.104. The fourth-order valence-corrected chi connectivity index (χ4v) is 6.28. The topological polar surface area (TPSA) is 118 Å². The zero-order chi connectivity index (χ0) is 29.7. The molecule has 0 spiro atoms. The fourth-order valence-electron chi connectivity index (χ4n) is 5.21. The van der Waals surface area contributed by atoms with E-state index in [0.29, 0.717) is 39.0 Å². The summed E-state index contributed by atoms with van der Waals surface area (Å²) >= 11 is 0. The first-order valence-corrected chi connectivity index (χ1v) is 14.9. The molecule has 0 unspecified atom stereocenters. The number of nitrogens with zero attached hydrogens (tertiary/aromatic N) is 2. The predicted octanol–water partition coefficient (Wildman–Crippen LogP) is 7.12. The van der Waals surface area contributed by atoms with Gasteiger partial charge in [-0.15, -0.1) is 0 Å². The van der Waals surface area contributed by atoms with Gasteiger partial charge in [-0.25, -0.2) is 18.4 Å². The average molecular weight is 586 g/mol. The normalized spacial score (nSPS) is 12.2. The molecule has 0 radical (unpaired) electrons. The summed E-state index contributed by atoms with van der Waals surface area (Å²) in [7, 11) is -4.10. The Morgan fingerprint density at radius 1 is 0.767 bits per heavy atom. The Kier molecular flexibility index (Phi) is 6.18. The largest absolute Gasteiger partial charge is 0.507 e. The number of para-hydroxylation sites is 2. The number of carbonyl (C=O) groups is 1. The maximum absolute atomic E-state index is 14.1. The summed E-state index contributed by atoms with van der Waals surface area (Å²) in [6, 6.07) is 30.6. The molecule has 1 aromatic heterocycles. The minimum atomic E-state index is -4.10. The number of fused-ring (bicyclic) bond motifs is 2. The number of aromatic nitrogens is 2. The number of aryl methyl sites for hydroxylation is 1. The van der Waals surface area contributed by atoms with Gasteiger partial charge in [0.15, 0.2) is 17.4 Å². The van der Waals surface area contributed by atoms with Crippen LogP contribution in [-0.2, 0) is 10.0 Å². The van der Waals surface area contributed by atoms with Crippen LogP contribution in [0, 0.1) is 6.92 Å². The Labute approximate surface area is 247 Å². The number of carbonyl (C=O) groups excluding carboxylic acids is 1. The van der Waals surface area contributed by atoms with E-state index in [1.807, 2.05) is 25.1 Å². The number of benzene rings is 5. The third-order valence-corrected chi connectivity index (χ3v) is 8.66. The lowest BCUT2D eigenvalue weighted by atomic mass is 9.85. The number of phenolic OH excluding ortho intramolecular Hbond substituents is 1. The van der Waals surface area contributed by atoms with Crippen molar-refractivity contribution in [1.29, 1.82) is 0 Å². The van der Waals surface area contributed by atoms with E-state index in [-0.39, 0.29) is 39.3 Å². The van der Waals surface area contributed by atoms with Crippen LogP contribution in [0.15, 0.2) is 114 Å². The molecule has 9 heteroatoms. The molecular formula is C34H23N3O5S. The fraction of sp³-hybridized carbons (Fsp3) is 0.0294. The second-order valence-corrected chi connectivity index (χ2v) is 11.8. The zero-order valence-corrected chi connectivity index (χ0v) is 23.6. The molecule has 1 aliphatic carbocycles. The molecule has 5 aromatic carbocycles. The van der Waals surface area contributed by atoms with Crippen molar-refractivity contribution in [2.45, 2.75) is 11.8 Å². The first-order valence-electron chi connectivity index (χ1n) is 13.4. The number of hydrogen-bond acceptors (Lipinski definition) is 7. The van der Waals surface area contributed by atoms with E-state index in [2.05, 4.69) is 4.72 Å². The zero-order valence-electron chi connectivity index (χ0n) is 22.8. The molecule has 0 amide bonds. The molecule has 1 aliphatic rings. The minimum Gasteiger partial charge on any atom is -0.507 e. The standard InChI is InChI=1S/C34H23N3O5S/c1-20-15-17-22(18-16-20)43(40,41)37-26-19-28(42-21-9-3-2-4-10-21)32-30-29(26)33(39)24-12-6-5-11-23(24)31(30)35-34(36-32)25-13-7-8-14-27(25)38/h2-19,37-38H,1H3. The second kappa shape index (κ2) is 10.1. The van der Waals surface area contributed by atoms with Crippen LogP contribution in [0.2, 0.25) is 0 Å². The summed E-state index contributed by atoms with van der Waals surface area (Å²) in [4.78, 5) is 23.8. The Hall–Kier alpha value is -5.54. The number of phenols is 1. The van der Waals surface area contributed by atoms with Gasteiger partial charge in [-0.05, 0) is 43.3 Å². The first-order chi connectivity index (χ1) is 20.8. The van der Waals surface area contributed by atoms with Gasteiger partial charge in [-0.2, -0.15) is 0 Å². The van der Waals surface area contributed by atoms with E-state index < -0.39 is 10.0 Å². The molecule has 2 N–H and O–H groups in total. The van der Waals surface area contributed by atoms with Crippen LogP contribution in [0.1, 0.15) is 21.5 Å². The highest BCUT2D eigenvalue weighted by Crippen LogP contribution is 2.46. The lowest BCUT2D eigenvalue weighted by Gasteiger charge is -2.24. The van der Waals surface area contributed by atoms with Crippen LogP contribution in [0.25, 0.3) is 33.5 Å². The molecule has 0 aliphatic heterocycles. The molecule has 8 nitrogen and oxygen atoms in total. The van der Waals surface area contributed by atoms with E-state index >= 15 is 0 Å². The quantitative estimate of drug-likeness (QED) is 0.213. The summed E-state index contributed by atoms with van der Waals surface area (Å²) in [5.74, 6) is 0.528. The molecule has 0 atom stereocenters. The third-order valence-electron chi connectivity index (χ3n) is 7.28. The van der Waals surface area contributed by atoms with Crippen molar-refractivity contribution < 1.29 is 23.1 Å². The van der Waals surface area contributed by atoms with E-state index in [4.69, 9.17) is 14.7 Å².